The van der Waals surface area contributed by atoms with Crippen molar-refractivity contribution in [3.63, 3.8) is 0 Å². The van der Waals surface area contributed by atoms with Gasteiger partial charge in [-0.15, -0.1) is 0 Å². The highest BCUT2D eigenvalue weighted by Crippen LogP contribution is 2.40. The van der Waals surface area contributed by atoms with Gasteiger partial charge in [-0.25, -0.2) is 0 Å². The number of nitrogens with zero attached hydrogens (tertiary/aromatic N) is 2. The van der Waals surface area contributed by atoms with E-state index in [4.69, 9.17) is 0 Å². The van der Waals surface area contributed by atoms with Gasteiger partial charge in [-0.3, -0.25) is 9.69 Å². The van der Waals surface area contributed by atoms with Crippen LogP contribution in [0.2, 0.25) is 0 Å². The molecule has 3 heterocycles. The lowest BCUT2D eigenvalue weighted by Gasteiger charge is -2.42. The topological polar surface area (TPSA) is 23.6 Å². The van der Waals surface area contributed by atoms with Crippen LogP contribution in [0.25, 0.3) is 0 Å². The maximum absolute atomic E-state index is 13.3. The first-order chi connectivity index (χ1) is 12.2. The summed E-state index contributed by atoms with van der Waals surface area (Å²) in [6.45, 7) is 5.41. The first-order valence-electron chi connectivity index (χ1n) is 10.3. The van der Waals surface area contributed by atoms with Crippen molar-refractivity contribution in [3.8, 4) is 0 Å². The Kier molecular flexibility index (Phi) is 5.12. The van der Waals surface area contributed by atoms with Crippen molar-refractivity contribution < 1.29 is 4.79 Å². The van der Waals surface area contributed by atoms with Gasteiger partial charge < -0.3 is 4.90 Å². The minimum absolute atomic E-state index is 0.219. The summed E-state index contributed by atoms with van der Waals surface area (Å²) in [6, 6.07) is 1.07. The summed E-state index contributed by atoms with van der Waals surface area (Å²) in [4.78, 5) is 18.1. The fraction of sp³-hybridized carbons (Fsp3) is 0.682. The van der Waals surface area contributed by atoms with Crippen molar-refractivity contribution in [3.05, 3.63) is 36.0 Å². The lowest BCUT2D eigenvalue weighted by atomic mass is 9.89. The third-order valence-electron chi connectivity index (χ3n) is 6.53. The fourth-order valence-corrected chi connectivity index (χ4v) is 5.41. The molecule has 136 valence electrons. The van der Waals surface area contributed by atoms with Crippen molar-refractivity contribution in [2.24, 2.45) is 11.8 Å². The maximum Gasteiger partial charge on any atom is 0.227 e. The molecule has 3 aliphatic heterocycles. The average Bonchev–Trinajstić information content (AvgIpc) is 2.79. The number of carbonyl (C=O) groups excluding carboxylic acids is 1. The third-order valence-corrected chi connectivity index (χ3v) is 6.53. The number of hydrogen-bond acceptors (Lipinski definition) is 2. The van der Waals surface area contributed by atoms with E-state index in [0.717, 1.165) is 44.8 Å². The maximum atomic E-state index is 13.3. The van der Waals surface area contributed by atoms with E-state index < -0.39 is 0 Å². The zero-order valence-electron chi connectivity index (χ0n) is 15.6. The van der Waals surface area contributed by atoms with Gasteiger partial charge in [0.05, 0.1) is 5.92 Å². The Balaban J connectivity index is 1.39. The van der Waals surface area contributed by atoms with Gasteiger partial charge in [-0.1, -0.05) is 37.3 Å². The van der Waals surface area contributed by atoms with Crippen molar-refractivity contribution in [1.82, 2.24) is 9.80 Å². The third kappa shape index (κ3) is 3.76. The Morgan fingerprint density at radius 2 is 1.96 bits per heavy atom. The summed E-state index contributed by atoms with van der Waals surface area (Å²) in [5.41, 5.74) is 1.37. The van der Waals surface area contributed by atoms with Crippen LogP contribution in [0.15, 0.2) is 36.0 Å². The van der Waals surface area contributed by atoms with Crippen LogP contribution in [-0.2, 0) is 4.79 Å². The predicted molar refractivity (Wildman–Crippen MR) is 102 cm³/mol. The quantitative estimate of drug-likeness (QED) is 0.777. The van der Waals surface area contributed by atoms with Crippen LogP contribution >= 0.6 is 0 Å². The molecular weight excluding hydrogens is 308 g/mol. The number of carbonyl (C=O) groups is 1. The molecule has 3 atom stereocenters. The van der Waals surface area contributed by atoms with E-state index in [0.29, 0.717) is 18.0 Å². The summed E-state index contributed by atoms with van der Waals surface area (Å²) in [6.07, 6.45) is 19.2. The molecule has 0 aromatic heterocycles. The van der Waals surface area contributed by atoms with Crippen LogP contribution in [0.3, 0.4) is 0 Å². The number of fused-ring (bicyclic) bond motifs is 2. The molecule has 0 radical (unpaired) electrons. The van der Waals surface area contributed by atoms with Crippen LogP contribution in [0, 0.1) is 11.8 Å². The summed E-state index contributed by atoms with van der Waals surface area (Å²) in [5.74, 6) is 1.48. The van der Waals surface area contributed by atoms with Gasteiger partial charge >= 0.3 is 0 Å². The standard InChI is InChI=1S/C22H32N2O/c1-17-13-20-10-11-21(14-17)24(20)22(25)19-9-6-12-23(16-19)15-18-7-4-2-3-5-8-18/h2,4-5,7-8,17,19-21H,3,6,9-16H2,1H3. The van der Waals surface area contributed by atoms with Gasteiger partial charge in [0.15, 0.2) is 0 Å². The molecule has 3 fully saturated rings. The highest BCUT2D eigenvalue weighted by Gasteiger charge is 2.44. The van der Waals surface area contributed by atoms with E-state index in [1.807, 2.05) is 0 Å². The fourth-order valence-electron chi connectivity index (χ4n) is 5.41. The number of amides is 1. The van der Waals surface area contributed by atoms with E-state index in [2.05, 4.69) is 47.1 Å². The Morgan fingerprint density at radius 3 is 2.76 bits per heavy atom. The molecular formula is C22H32N2O. The SMILES string of the molecule is CC1CC2CCC(C1)N2C(=O)C1CCCN(CC2=CC=CCC=C2)C1. The van der Waals surface area contributed by atoms with Gasteiger partial charge in [0.2, 0.25) is 5.91 Å². The molecule has 0 aromatic rings. The average molecular weight is 341 g/mol. The van der Waals surface area contributed by atoms with E-state index in [1.165, 1.54) is 31.3 Å². The number of rotatable bonds is 3. The highest BCUT2D eigenvalue weighted by atomic mass is 16.2. The van der Waals surface area contributed by atoms with Gasteiger partial charge in [-0.2, -0.15) is 0 Å². The van der Waals surface area contributed by atoms with Gasteiger partial charge in [-0.05, 0) is 63.0 Å². The second kappa shape index (κ2) is 7.49. The van der Waals surface area contributed by atoms with E-state index in [9.17, 15) is 4.79 Å². The Morgan fingerprint density at radius 1 is 1.16 bits per heavy atom. The summed E-state index contributed by atoms with van der Waals surface area (Å²) >= 11 is 0. The molecule has 3 saturated heterocycles. The Bertz CT molecular complexity index is 577. The second-order valence-electron chi connectivity index (χ2n) is 8.59. The summed E-state index contributed by atoms with van der Waals surface area (Å²) < 4.78 is 0. The predicted octanol–water partition coefficient (Wildman–Crippen LogP) is 3.93. The first-order valence-corrected chi connectivity index (χ1v) is 10.3. The van der Waals surface area contributed by atoms with E-state index in [-0.39, 0.29) is 5.92 Å². The summed E-state index contributed by atoms with van der Waals surface area (Å²) in [5, 5.41) is 0. The van der Waals surface area contributed by atoms with Crippen molar-refractivity contribution in [2.45, 2.75) is 64.0 Å². The minimum Gasteiger partial charge on any atom is -0.336 e. The van der Waals surface area contributed by atoms with Gasteiger partial charge in [0, 0.05) is 25.2 Å². The molecule has 0 spiro atoms. The first kappa shape index (κ1) is 17.1. The Labute approximate surface area is 152 Å². The lowest BCUT2D eigenvalue weighted by Crippen LogP contribution is -2.51. The van der Waals surface area contributed by atoms with Crippen LogP contribution < -0.4 is 0 Å². The van der Waals surface area contributed by atoms with Crippen molar-refractivity contribution >= 4 is 5.91 Å². The van der Waals surface area contributed by atoms with Gasteiger partial charge in [0.1, 0.15) is 0 Å². The zero-order chi connectivity index (χ0) is 17.2. The molecule has 0 aromatic carbocycles. The molecule has 3 heteroatoms. The lowest BCUT2D eigenvalue weighted by molar-refractivity contribution is -0.142. The highest BCUT2D eigenvalue weighted by molar-refractivity contribution is 5.80. The number of likely N-dealkylation sites (tertiary alicyclic amines) is 1. The molecule has 3 nitrogen and oxygen atoms in total. The van der Waals surface area contributed by atoms with Gasteiger partial charge in [0.25, 0.3) is 0 Å². The van der Waals surface area contributed by atoms with Crippen LogP contribution in [0.4, 0.5) is 0 Å². The molecule has 2 bridgehead atoms. The van der Waals surface area contributed by atoms with E-state index in [1.54, 1.807) is 0 Å². The van der Waals surface area contributed by atoms with Crippen LogP contribution in [-0.4, -0.2) is 47.4 Å². The van der Waals surface area contributed by atoms with E-state index >= 15 is 0 Å². The Hall–Kier alpha value is -1.35. The molecule has 25 heavy (non-hydrogen) atoms. The van der Waals surface area contributed by atoms with Crippen LogP contribution in [0.1, 0.15) is 51.9 Å². The largest absolute Gasteiger partial charge is 0.336 e. The smallest absolute Gasteiger partial charge is 0.227 e. The monoisotopic (exact) mass is 340 g/mol. The molecule has 1 aliphatic carbocycles. The molecule has 4 aliphatic rings. The summed E-state index contributed by atoms with van der Waals surface area (Å²) in [7, 11) is 0. The molecule has 0 saturated carbocycles. The number of hydrogen-bond donors (Lipinski definition) is 0. The number of allylic oxidation sites excluding steroid dienone is 4. The second-order valence-corrected chi connectivity index (χ2v) is 8.59. The molecule has 4 rings (SSSR count). The van der Waals surface area contributed by atoms with Crippen molar-refractivity contribution in [2.75, 3.05) is 19.6 Å². The number of piperidine rings is 2. The molecule has 0 N–H and O–H groups in total. The zero-order valence-corrected chi connectivity index (χ0v) is 15.6. The minimum atomic E-state index is 0.219. The normalized spacial score (nSPS) is 35.6. The molecule has 1 amide bonds. The van der Waals surface area contributed by atoms with Crippen LogP contribution in [0.5, 0.6) is 0 Å². The van der Waals surface area contributed by atoms with Crippen molar-refractivity contribution in [1.29, 1.82) is 0 Å². The molecule has 3 unspecified atom stereocenters.